The smallest absolute Gasteiger partial charge is 0.126 e. The maximum atomic E-state index is 13.5. The second-order valence-corrected chi connectivity index (χ2v) is 5.13. The van der Waals surface area contributed by atoms with Gasteiger partial charge in [0.15, 0.2) is 0 Å². The summed E-state index contributed by atoms with van der Waals surface area (Å²) in [5, 5.41) is 3.57. The van der Waals surface area contributed by atoms with E-state index in [0.29, 0.717) is 12.0 Å². The first-order valence-corrected chi connectivity index (χ1v) is 6.76. The molecule has 2 atom stereocenters. The van der Waals surface area contributed by atoms with Gasteiger partial charge in [-0.2, -0.15) is 0 Å². The quantitative estimate of drug-likeness (QED) is 0.823. The van der Waals surface area contributed by atoms with E-state index in [0.717, 1.165) is 18.5 Å². The van der Waals surface area contributed by atoms with Crippen molar-refractivity contribution in [1.82, 2.24) is 5.32 Å². The molecule has 1 aliphatic rings. The molecule has 0 aromatic heterocycles. The van der Waals surface area contributed by atoms with E-state index >= 15 is 0 Å². The van der Waals surface area contributed by atoms with Gasteiger partial charge in [0.05, 0.1) is 0 Å². The Morgan fingerprint density at radius 1 is 1.29 bits per heavy atom. The first kappa shape index (κ1) is 12.6. The predicted octanol–water partition coefficient (Wildman–Crippen LogP) is 3.54. The fourth-order valence-corrected chi connectivity index (χ4v) is 2.77. The molecule has 2 heteroatoms. The zero-order valence-corrected chi connectivity index (χ0v) is 10.6. The molecule has 1 aliphatic carbocycles. The molecule has 0 radical (unpaired) electrons. The van der Waals surface area contributed by atoms with Gasteiger partial charge < -0.3 is 5.32 Å². The maximum Gasteiger partial charge on any atom is 0.126 e. The molecule has 1 saturated carbocycles. The van der Waals surface area contributed by atoms with Crippen LogP contribution in [0.4, 0.5) is 4.39 Å². The fraction of sp³-hybridized carbons (Fsp3) is 0.600. The number of nitrogens with one attached hydrogen (secondary N) is 1. The summed E-state index contributed by atoms with van der Waals surface area (Å²) in [6.45, 7) is 3.30. The summed E-state index contributed by atoms with van der Waals surface area (Å²) < 4.78 is 13.5. The van der Waals surface area contributed by atoms with Gasteiger partial charge in [-0.05, 0) is 56.2 Å². The molecule has 0 spiro atoms. The van der Waals surface area contributed by atoms with Crippen LogP contribution >= 0.6 is 0 Å². The Morgan fingerprint density at radius 2 is 2.12 bits per heavy atom. The molecule has 0 amide bonds. The lowest BCUT2D eigenvalue weighted by molar-refractivity contribution is 0.476. The molecular weight excluding hydrogens is 213 g/mol. The lowest BCUT2D eigenvalue weighted by Crippen LogP contribution is -2.27. The van der Waals surface area contributed by atoms with Crippen LogP contribution in [0.2, 0.25) is 0 Å². The van der Waals surface area contributed by atoms with Crippen LogP contribution in [0.15, 0.2) is 24.3 Å². The highest BCUT2D eigenvalue weighted by Crippen LogP contribution is 2.29. The Hall–Kier alpha value is -0.890. The summed E-state index contributed by atoms with van der Waals surface area (Å²) in [7, 11) is 0. The first-order valence-electron chi connectivity index (χ1n) is 6.76. The molecule has 2 unspecified atom stereocenters. The largest absolute Gasteiger partial charge is 0.314 e. The molecular formula is C15H22FN. The van der Waals surface area contributed by atoms with E-state index in [1.54, 1.807) is 12.1 Å². The van der Waals surface area contributed by atoms with Crippen LogP contribution in [0.25, 0.3) is 0 Å². The third-order valence-electron chi connectivity index (χ3n) is 3.69. The maximum absolute atomic E-state index is 13.5. The molecule has 94 valence electrons. The first-order chi connectivity index (χ1) is 8.29. The average molecular weight is 235 g/mol. The van der Waals surface area contributed by atoms with Crippen molar-refractivity contribution < 1.29 is 4.39 Å². The molecule has 0 aliphatic heterocycles. The Morgan fingerprint density at radius 3 is 2.88 bits per heavy atom. The highest BCUT2D eigenvalue weighted by molar-refractivity contribution is 5.18. The number of benzene rings is 1. The number of hydrogen-bond acceptors (Lipinski definition) is 1. The molecule has 0 heterocycles. The Kier molecular flexibility index (Phi) is 4.55. The van der Waals surface area contributed by atoms with Crippen molar-refractivity contribution >= 4 is 0 Å². The van der Waals surface area contributed by atoms with Crippen molar-refractivity contribution in [2.75, 3.05) is 6.54 Å². The van der Waals surface area contributed by atoms with Gasteiger partial charge in [-0.15, -0.1) is 0 Å². The van der Waals surface area contributed by atoms with Gasteiger partial charge in [-0.25, -0.2) is 4.39 Å². The van der Waals surface area contributed by atoms with Crippen LogP contribution in [0.3, 0.4) is 0 Å². The highest BCUT2D eigenvalue weighted by Gasteiger charge is 2.24. The minimum Gasteiger partial charge on any atom is -0.314 e. The molecule has 0 saturated heterocycles. The van der Waals surface area contributed by atoms with Crippen LogP contribution in [0.1, 0.15) is 38.2 Å². The third kappa shape index (κ3) is 3.53. The summed E-state index contributed by atoms with van der Waals surface area (Å²) >= 11 is 0. The minimum absolute atomic E-state index is 0.0440. The van der Waals surface area contributed by atoms with Gasteiger partial charge in [0.2, 0.25) is 0 Å². The summed E-state index contributed by atoms with van der Waals surface area (Å²) in [4.78, 5) is 0. The van der Waals surface area contributed by atoms with Crippen LogP contribution in [0, 0.1) is 11.7 Å². The summed E-state index contributed by atoms with van der Waals surface area (Å²) in [6, 6.07) is 7.84. The number of hydrogen-bond donors (Lipinski definition) is 1. The van der Waals surface area contributed by atoms with Crippen molar-refractivity contribution in [3.8, 4) is 0 Å². The molecule has 1 nitrogen and oxygen atoms in total. The van der Waals surface area contributed by atoms with Crippen molar-refractivity contribution in [2.24, 2.45) is 5.92 Å². The summed E-state index contributed by atoms with van der Waals surface area (Å²) in [6.07, 6.45) is 5.77. The van der Waals surface area contributed by atoms with Gasteiger partial charge >= 0.3 is 0 Å². The number of halogens is 1. The van der Waals surface area contributed by atoms with E-state index < -0.39 is 0 Å². The Labute approximate surface area is 103 Å². The lowest BCUT2D eigenvalue weighted by atomic mass is 9.97. The summed E-state index contributed by atoms with van der Waals surface area (Å²) in [5.41, 5.74) is 0.883. The van der Waals surface area contributed by atoms with Crippen LogP contribution in [0.5, 0.6) is 0 Å². The molecule has 1 aromatic rings. The molecule has 1 N–H and O–H groups in total. The van der Waals surface area contributed by atoms with Gasteiger partial charge in [0, 0.05) is 6.04 Å². The van der Waals surface area contributed by atoms with E-state index in [1.165, 1.54) is 25.7 Å². The van der Waals surface area contributed by atoms with Crippen LogP contribution in [-0.2, 0) is 6.42 Å². The van der Waals surface area contributed by atoms with Crippen molar-refractivity contribution in [1.29, 1.82) is 0 Å². The topological polar surface area (TPSA) is 12.0 Å². The molecule has 0 bridgehead atoms. The zero-order valence-electron chi connectivity index (χ0n) is 10.6. The van der Waals surface area contributed by atoms with Crippen molar-refractivity contribution in [2.45, 2.75) is 45.1 Å². The number of rotatable bonds is 5. The second kappa shape index (κ2) is 6.15. The van der Waals surface area contributed by atoms with E-state index in [9.17, 15) is 4.39 Å². The highest BCUT2D eigenvalue weighted by atomic mass is 19.1. The monoisotopic (exact) mass is 235 g/mol. The predicted molar refractivity (Wildman–Crippen MR) is 69.5 cm³/mol. The minimum atomic E-state index is -0.0440. The SMILES string of the molecule is CCCNC1CCC(Cc2ccccc2F)C1. The van der Waals surface area contributed by atoms with Gasteiger partial charge in [-0.1, -0.05) is 25.1 Å². The second-order valence-electron chi connectivity index (χ2n) is 5.13. The molecule has 1 fully saturated rings. The summed E-state index contributed by atoms with van der Waals surface area (Å²) in [5.74, 6) is 0.610. The van der Waals surface area contributed by atoms with Crippen LogP contribution < -0.4 is 5.32 Å². The Bertz CT molecular complexity index is 351. The normalized spacial score (nSPS) is 24.1. The zero-order chi connectivity index (χ0) is 12.1. The molecule has 1 aromatic carbocycles. The third-order valence-corrected chi connectivity index (χ3v) is 3.69. The molecule has 17 heavy (non-hydrogen) atoms. The van der Waals surface area contributed by atoms with Gasteiger partial charge in [-0.3, -0.25) is 0 Å². The van der Waals surface area contributed by atoms with E-state index in [1.807, 2.05) is 12.1 Å². The standard InChI is InChI=1S/C15H22FN/c1-2-9-17-14-8-7-12(11-14)10-13-5-3-4-6-15(13)16/h3-6,12,14,17H,2,7-11H2,1H3. The lowest BCUT2D eigenvalue weighted by Gasteiger charge is -2.13. The molecule has 2 rings (SSSR count). The van der Waals surface area contributed by atoms with Gasteiger partial charge in [0.25, 0.3) is 0 Å². The van der Waals surface area contributed by atoms with Crippen LogP contribution in [-0.4, -0.2) is 12.6 Å². The van der Waals surface area contributed by atoms with Gasteiger partial charge in [0.1, 0.15) is 5.82 Å². The van der Waals surface area contributed by atoms with E-state index in [4.69, 9.17) is 0 Å². The average Bonchev–Trinajstić information content (AvgIpc) is 2.77. The van der Waals surface area contributed by atoms with E-state index in [2.05, 4.69) is 12.2 Å². The van der Waals surface area contributed by atoms with Crippen molar-refractivity contribution in [3.05, 3.63) is 35.6 Å². The van der Waals surface area contributed by atoms with Crippen molar-refractivity contribution in [3.63, 3.8) is 0 Å². The van der Waals surface area contributed by atoms with E-state index in [-0.39, 0.29) is 5.82 Å². The fourth-order valence-electron chi connectivity index (χ4n) is 2.77. The Balaban J connectivity index is 1.83.